The lowest BCUT2D eigenvalue weighted by molar-refractivity contribution is -0.387. The average molecular weight is 256 g/mol. The van der Waals surface area contributed by atoms with Gasteiger partial charge < -0.3 is 10.4 Å². The van der Waals surface area contributed by atoms with Crippen LogP contribution in [-0.4, -0.2) is 22.2 Å². The molecule has 100 valence electrons. The Balaban J connectivity index is 2.80. The van der Waals surface area contributed by atoms with Crippen molar-refractivity contribution in [3.8, 4) is 0 Å². The van der Waals surface area contributed by atoms with Crippen molar-refractivity contribution in [2.75, 3.05) is 6.61 Å². The number of benzene rings is 1. The molecule has 18 heavy (non-hydrogen) atoms. The van der Waals surface area contributed by atoms with Crippen LogP contribution in [-0.2, 0) is 6.54 Å². The van der Waals surface area contributed by atoms with E-state index in [4.69, 9.17) is 5.11 Å². The van der Waals surface area contributed by atoms with Gasteiger partial charge in [0.05, 0.1) is 4.92 Å². The van der Waals surface area contributed by atoms with Gasteiger partial charge >= 0.3 is 5.69 Å². The van der Waals surface area contributed by atoms with Crippen molar-refractivity contribution in [3.05, 3.63) is 39.7 Å². The molecule has 0 heterocycles. The molecule has 1 aromatic carbocycles. The van der Waals surface area contributed by atoms with Crippen molar-refractivity contribution in [2.24, 2.45) is 0 Å². The molecule has 0 bridgehead atoms. The summed E-state index contributed by atoms with van der Waals surface area (Å²) in [5.41, 5.74) is -0.629. The standard InChI is InChI=1S/C12H17FN2O3/c1-12(2,6-7-16)14-8-9-4-3-5-10(11(9)13)15(17)18/h3-5,14,16H,6-8H2,1-2H3. The third kappa shape index (κ3) is 3.75. The van der Waals surface area contributed by atoms with Gasteiger partial charge in [-0.2, -0.15) is 4.39 Å². The quantitative estimate of drug-likeness (QED) is 0.603. The van der Waals surface area contributed by atoms with Crippen LogP contribution in [0.15, 0.2) is 18.2 Å². The molecule has 1 aromatic rings. The third-order valence-corrected chi connectivity index (χ3v) is 2.75. The van der Waals surface area contributed by atoms with E-state index in [1.807, 2.05) is 13.8 Å². The first-order valence-electron chi connectivity index (χ1n) is 5.65. The Kier molecular flexibility index (Phi) is 4.75. The van der Waals surface area contributed by atoms with Gasteiger partial charge in [0.25, 0.3) is 0 Å². The maximum Gasteiger partial charge on any atom is 0.305 e. The maximum absolute atomic E-state index is 13.8. The minimum atomic E-state index is -0.810. The van der Waals surface area contributed by atoms with Crippen molar-refractivity contribution in [1.29, 1.82) is 0 Å². The van der Waals surface area contributed by atoms with Crippen molar-refractivity contribution in [3.63, 3.8) is 0 Å². The molecule has 1 rings (SSSR count). The number of hydrogen-bond donors (Lipinski definition) is 2. The van der Waals surface area contributed by atoms with Gasteiger partial charge in [0.15, 0.2) is 0 Å². The summed E-state index contributed by atoms with van der Waals surface area (Å²) in [7, 11) is 0. The van der Waals surface area contributed by atoms with Gasteiger partial charge in [-0.1, -0.05) is 12.1 Å². The molecule has 0 saturated heterocycles. The first kappa shape index (κ1) is 14.5. The van der Waals surface area contributed by atoms with Gasteiger partial charge in [-0.15, -0.1) is 0 Å². The van der Waals surface area contributed by atoms with Gasteiger partial charge in [-0.05, 0) is 20.3 Å². The smallest absolute Gasteiger partial charge is 0.305 e. The number of nitro groups is 1. The van der Waals surface area contributed by atoms with Crippen LogP contribution in [0.4, 0.5) is 10.1 Å². The van der Waals surface area contributed by atoms with Crippen LogP contribution < -0.4 is 5.32 Å². The van der Waals surface area contributed by atoms with Crippen molar-refractivity contribution in [1.82, 2.24) is 5.32 Å². The zero-order valence-electron chi connectivity index (χ0n) is 10.4. The number of hydrogen-bond acceptors (Lipinski definition) is 4. The van der Waals surface area contributed by atoms with Crippen molar-refractivity contribution < 1.29 is 14.4 Å². The summed E-state index contributed by atoms with van der Waals surface area (Å²) in [6.45, 7) is 3.95. The molecule has 0 aliphatic heterocycles. The summed E-state index contributed by atoms with van der Waals surface area (Å²) < 4.78 is 13.8. The van der Waals surface area contributed by atoms with Crippen LogP contribution in [0.2, 0.25) is 0 Å². The average Bonchev–Trinajstić information content (AvgIpc) is 2.27. The van der Waals surface area contributed by atoms with E-state index in [0.29, 0.717) is 6.42 Å². The van der Waals surface area contributed by atoms with Crippen molar-refractivity contribution in [2.45, 2.75) is 32.4 Å². The van der Waals surface area contributed by atoms with Crippen LogP contribution in [0.3, 0.4) is 0 Å². The number of aliphatic hydroxyl groups is 1. The summed E-state index contributed by atoms with van der Waals surface area (Å²) in [4.78, 5) is 9.85. The largest absolute Gasteiger partial charge is 0.396 e. The Hall–Kier alpha value is -1.53. The van der Waals surface area contributed by atoms with E-state index in [2.05, 4.69) is 5.32 Å². The molecule has 2 N–H and O–H groups in total. The highest BCUT2D eigenvalue weighted by atomic mass is 19.1. The van der Waals surface area contributed by atoms with E-state index in [0.717, 1.165) is 6.07 Å². The van der Waals surface area contributed by atoms with Crippen molar-refractivity contribution >= 4 is 5.69 Å². The topological polar surface area (TPSA) is 75.4 Å². The molecule has 0 radical (unpaired) electrons. The van der Waals surface area contributed by atoms with E-state index in [1.165, 1.54) is 12.1 Å². The van der Waals surface area contributed by atoms with Gasteiger partial charge in [0.2, 0.25) is 5.82 Å². The number of halogens is 1. The molecular formula is C12H17FN2O3. The van der Waals surface area contributed by atoms with Crippen LogP contribution in [0.5, 0.6) is 0 Å². The van der Waals surface area contributed by atoms with Gasteiger partial charge in [-0.3, -0.25) is 10.1 Å². The Morgan fingerprint density at radius 1 is 1.50 bits per heavy atom. The summed E-state index contributed by atoms with van der Waals surface area (Å²) in [6, 6.07) is 4.10. The minimum absolute atomic E-state index is 0.0252. The fourth-order valence-electron chi connectivity index (χ4n) is 1.55. The molecular weight excluding hydrogens is 239 g/mol. The number of aliphatic hydroxyl groups excluding tert-OH is 1. The van der Waals surface area contributed by atoms with Crippen LogP contribution in [0.25, 0.3) is 0 Å². The van der Waals surface area contributed by atoms with Gasteiger partial charge in [0.1, 0.15) is 0 Å². The lowest BCUT2D eigenvalue weighted by atomic mass is 10.0. The maximum atomic E-state index is 13.8. The molecule has 0 amide bonds. The Bertz CT molecular complexity index is 435. The second-order valence-corrected chi connectivity index (χ2v) is 4.72. The monoisotopic (exact) mass is 256 g/mol. The predicted molar refractivity (Wildman–Crippen MR) is 65.7 cm³/mol. The number of nitro benzene ring substituents is 1. The molecule has 0 fully saturated rings. The van der Waals surface area contributed by atoms with Crippen LogP contribution in [0, 0.1) is 15.9 Å². The SMILES string of the molecule is CC(C)(CCO)NCc1cccc([N+](=O)[O-])c1F. The molecule has 0 saturated carbocycles. The van der Waals surface area contributed by atoms with E-state index in [1.54, 1.807) is 0 Å². The molecule has 6 heteroatoms. The van der Waals surface area contributed by atoms with E-state index < -0.39 is 16.4 Å². The highest BCUT2D eigenvalue weighted by Crippen LogP contribution is 2.20. The molecule has 0 aliphatic carbocycles. The van der Waals surface area contributed by atoms with Crippen LogP contribution >= 0.6 is 0 Å². The van der Waals surface area contributed by atoms with E-state index in [9.17, 15) is 14.5 Å². The first-order valence-corrected chi connectivity index (χ1v) is 5.65. The van der Waals surface area contributed by atoms with E-state index in [-0.39, 0.29) is 24.3 Å². The van der Waals surface area contributed by atoms with E-state index >= 15 is 0 Å². The highest BCUT2D eigenvalue weighted by molar-refractivity contribution is 5.36. The first-order chi connectivity index (χ1) is 8.37. The predicted octanol–water partition coefficient (Wildman–Crippen LogP) is 1.98. The fraction of sp³-hybridized carbons (Fsp3) is 0.500. The summed E-state index contributed by atoms with van der Waals surface area (Å²) in [5.74, 6) is -0.810. The Morgan fingerprint density at radius 2 is 2.17 bits per heavy atom. The summed E-state index contributed by atoms with van der Waals surface area (Å²) in [5, 5.41) is 22.5. The third-order valence-electron chi connectivity index (χ3n) is 2.75. The number of nitrogens with zero attached hydrogens (tertiary/aromatic N) is 1. The lowest BCUT2D eigenvalue weighted by Crippen LogP contribution is -2.39. The number of nitrogens with one attached hydrogen (secondary N) is 1. The Labute approximate surface area is 105 Å². The molecule has 0 unspecified atom stereocenters. The molecule has 5 nitrogen and oxygen atoms in total. The fourth-order valence-corrected chi connectivity index (χ4v) is 1.55. The highest BCUT2D eigenvalue weighted by Gasteiger charge is 2.20. The molecule has 0 aliphatic rings. The zero-order chi connectivity index (χ0) is 13.8. The summed E-state index contributed by atoms with van der Waals surface area (Å²) in [6.07, 6.45) is 0.517. The molecule has 0 aromatic heterocycles. The normalized spacial score (nSPS) is 11.6. The lowest BCUT2D eigenvalue weighted by Gasteiger charge is -2.25. The number of rotatable bonds is 6. The minimum Gasteiger partial charge on any atom is -0.396 e. The second-order valence-electron chi connectivity index (χ2n) is 4.72. The van der Waals surface area contributed by atoms with Gasteiger partial charge in [-0.25, -0.2) is 0 Å². The van der Waals surface area contributed by atoms with Crippen LogP contribution in [0.1, 0.15) is 25.8 Å². The second kappa shape index (κ2) is 5.88. The molecule has 0 atom stereocenters. The van der Waals surface area contributed by atoms with Gasteiger partial charge in [0, 0.05) is 30.3 Å². The summed E-state index contributed by atoms with van der Waals surface area (Å²) >= 11 is 0. The Morgan fingerprint density at radius 3 is 2.72 bits per heavy atom. The zero-order valence-corrected chi connectivity index (χ0v) is 10.4. The molecule has 0 spiro atoms.